The second-order valence-electron chi connectivity index (χ2n) is 5.10. The van der Waals surface area contributed by atoms with E-state index in [9.17, 15) is 14.7 Å². The largest absolute Gasteiger partial charge is 0.503 e. The quantitative estimate of drug-likeness (QED) is 0.519. The van der Waals surface area contributed by atoms with Crippen molar-refractivity contribution in [3.8, 4) is 17.0 Å². The summed E-state index contributed by atoms with van der Waals surface area (Å²) in [5.41, 5.74) is 5.89. The number of rotatable bonds is 2. The number of carbonyl (C=O) groups is 1. The minimum absolute atomic E-state index is 0.00293. The van der Waals surface area contributed by atoms with Crippen LogP contribution >= 0.6 is 23.2 Å². The van der Waals surface area contributed by atoms with Crippen LogP contribution in [0.15, 0.2) is 35.1 Å². The average Bonchev–Trinajstić information content (AvgIpc) is 2.54. The van der Waals surface area contributed by atoms with Crippen LogP contribution in [0.4, 0.5) is 5.69 Å². The molecule has 3 rings (SSSR count). The van der Waals surface area contributed by atoms with Crippen LogP contribution in [0.1, 0.15) is 10.4 Å². The van der Waals surface area contributed by atoms with E-state index in [4.69, 9.17) is 34.0 Å². The van der Waals surface area contributed by atoms with Crippen LogP contribution in [-0.4, -0.2) is 21.2 Å². The minimum Gasteiger partial charge on any atom is -0.503 e. The number of aromatic carboxylic acids is 1. The van der Waals surface area contributed by atoms with E-state index < -0.39 is 17.1 Å². The predicted molar refractivity (Wildman–Crippen MR) is 93.1 cm³/mol. The van der Waals surface area contributed by atoms with Gasteiger partial charge in [-0.05, 0) is 30.3 Å². The van der Waals surface area contributed by atoms with Gasteiger partial charge in [0.1, 0.15) is 0 Å². The number of hydrogen-bond donors (Lipinski definition) is 4. The number of H-pyrrole nitrogens is 1. The van der Waals surface area contributed by atoms with E-state index in [1.165, 1.54) is 30.3 Å². The minimum atomic E-state index is -1.13. The van der Waals surface area contributed by atoms with Crippen LogP contribution in [0.25, 0.3) is 22.2 Å². The van der Waals surface area contributed by atoms with E-state index in [0.717, 1.165) is 0 Å². The molecule has 3 aromatic rings. The lowest BCUT2D eigenvalue weighted by Crippen LogP contribution is -2.06. The zero-order valence-electron chi connectivity index (χ0n) is 11.9. The Balaban J connectivity index is 2.34. The smallest absolute Gasteiger partial charge is 0.335 e. The number of pyridine rings is 1. The van der Waals surface area contributed by atoms with Gasteiger partial charge in [0.25, 0.3) is 0 Å². The number of aromatic hydroxyl groups is 1. The number of benzene rings is 2. The topological polar surface area (TPSA) is 116 Å². The molecule has 2 aromatic carbocycles. The standard InChI is InChI=1S/C16H10Cl2N2O4/c17-9-3-7(4-10(18)12(9)19)13-15(22)14(21)8-2-1-6(16(23)24)5-11(8)20-13/h1-5,22H,19H2,(H,20,21)(H,23,24). The molecule has 0 radical (unpaired) electrons. The van der Waals surface area contributed by atoms with Gasteiger partial charge < -0.3 is 20.9 Å². The van der Waals surface area contributed by atoms with Crippen LogP contribution in [0, 0.1) is 0 Å². The van der Waals surface area contributed by atoms with Crippen LogP contribution in [0.3, 0.4) is 0 Å². The maximum absolute atomic E-state index is 12.3. The third-order valence-electron chi connectivity index (χ3n) is 3.59. The van der Waals surface area contributed by atoms with Crippen molar-refractivity contribution >= 4 is 45.8 Å². The summed E-state index contributed by atoms with van der Waals surface area (Å²) < 4.78 is 0. The third-order valence-corrected chi connectivity index (χ3v) is 4.22. The second-order valence-corrected chi connectivity index (χ2v) is 5.91. The fraction of sp³-hybridized carbons (Fsp3) is 0. The molecular weight excluding hydrogens is 355 g/mol. The molecule has 0 saturated heterocycles. The van der Waals surface area contributed by atoms with Gasteiger partial charge in [0.15, 0.2) is 5.75 Å². The van der Waals surface area contributed by atoms with E-state index in [1.807, 2.05) is 0 Å². The molecule has 8 heteroatoms. The van der Waals surface area contributed by atoms with E-state index >= 15 is 0 Å². The number of aromatic nitrogens is 1. The fourth-order valence-corrected chi connectivity index (χ4v) is 2.84. The molecule has 0 saturated carbocycles. The number of fused-ring (bicyclic) bond motifs is 1. The van der Waals surface area contributed by atoms with Gasteiger partial charge in [-0.25, -0.2) is 4.79 Å². The Labute approximate surface area is 145 Å². The Morgan fingerprint density at radius 1 is 1.12 bits per heavy atom. The first kappa shape index (κ1) is 16.2. The maximum atomic E-state index is 12.3. The number of carboxylic acid groups (broad SMARTS) is 1. The first-order valence-corrected chi connectivity index (χ1v) is 7.42. The van der Waals surface area contributed by atoms with E-state index in [0.29, 0.717) is 5.56 Å². The Kier molecular flexibility index (Phi) is 3.87. The number of halogens is 2. The van der Waals surface area contributed by atoms with Gasteiger partial charge in [0.2, 0.25) is 5.43 Å². The highest BCUT2D eigenvalue weighted by Crippen LogP contribution is 2.35. The molecule has 1 aromatic heterocycles. The van der Waals surface area contributed by atoms with Crippen molar-refractivity contribution in [2.45, 2.75) is 0 Å². The number of aromatic amines is 1. The number of nitrogens with one attached hydrogen (secondary N) is 1. The molecule has 0 fully saturated rings. The third kappa shape index (κ3) is 2.55. The summed E-state index contributed by atoms with van der Waals surface area (Å²) in [6.07, 6.45) is 0. The van der Waals surface area contributed by atoms with Gasteiger partial charge in [-0.3, -0.25) is 4.79 Å². The lowest BCUT2D eigenvalue weighted by molar-refractivity contribution is 0.0697. The summed E-state index contributed by atoms with van der Waals surface area (Å²) in [7, 11) is 0. The Hall–Kier alpha value is -2.70. The van der Waals surface area contributed by atoms with Crippen LogP contribution in [-0.2, 0) is 0 Å². The Bertz CT molecular complexity index is 1040. The summed E-state index contributed by atoms with van der Waals surface area (Å²) in [6, 6.07) is 6.82. The van der Waals surface area contributed by atoms with Gasteiger partial charge in [-0.1, -0.05) is 23.2 Å². The SMILES string of the molecule is Nc1c(Cl)cc(-c2[nH]c3cc(C(=O)O)ccc3c(=O)c2O)cc1Cl. The molecule has 1 heterocycles. The lowest BCUT2D eigenvalue weighted by atomic mass is 10.1. The van der Waals surface area contributed by atoms with Gasteiger partial charge in [0, 0.05) is 10.9 Å². The highest BCUT2D eigenvalue weighted by atomic mass is 35.5. The highest BCUT2D eigenvalue weighted by molar-refractivity contribution is 6.39. The molecule has 6 nitrogen and oxygen atoms in total. The molecule has 0 aliphatic rings. The van der Waals surface area contributed by atoms with Crippen molar-refractivity contribution in [3.63, 3.8) is 0 Å². The zero-order valence-corrected chi connectivity index (χ0v) is 13.4. The van der Waals surface area contributed by atoms with Crippen molar-refractivity contribution in [1.82, 2.24) is 4.98 Å². The summed E-state index contributed by atoms with van der Waals surface area (Å²) in [5.74, 6) is -1.66. The summed E-state index contributed by atoms with van der Waals surface area (Å²) in [4.78, 5) is 26.3. The Morgan fingerprint density at radius 3 is 2.33 bits per heavy atom. The van der Waals surface area contributed by atoms with E-state index in [1.54, 1.807) is 0 Å². The first-order valence-electron chi connectivity index (χ1n) is 6.66. The Morgan fingerprint density at radius 2 is 1.75 bits per heavy atom. The number of nitrogen functional groups attached to an aromatic ring is 1. The van der Waals surface area contributed by atoms with Crippen molar-refractivity contribution in [2.75, 3.05) is 5.73 Å². The molecule has 0 aliphatic heterocycles. The van der Waals surface area contributed by atoms with E-state index in [2.05, 4.69) is 4.98 Å². The molecular formula is C16H10Cl2N2O4. The van der Waals surface area contributed by atoms with Crippen molar-refractivity contribution in [2.24, 2.45) is 0 Å². The fourth-order valence-electron chi connectivity index (χ4n) is 2.35. The first-order chi connectivity index (χ1) is 11.3. The zero-order chi connectivity index (χ0) is 17.6. The maximum Gasteiger partial charge on any atom is 0.335 e. The molecule has 0 atom stereocenters. The summed E-state index contributed by atoms with van der Waals surface area (Å²) in [6.45, 7) is 0. The molecule has 24 heavy (non-hydrogen) atoms. The van der Waals surface area contributed by atoms with Gasteiger partial charge in [0.05, 0.1) is 32.5 Å². The number of hydrogen-bond acceptors (Lipinski definition) is 4. The lowest BCUT2D eigenvalue weighted by Gasteiger charge is -2.10. The van der Waals surface area contributed by atoms with Crippen molar-refractivity contribution in [1.29, 1.82) is 0 Å². The van der Waals surface area contributed by atoms with Crippen molar-refractivity contribution in [3.05, 3.63) is 56.2 Å². The van der Waals surface area contributed by atoms with Gasteiger partial charge >= 0.3 is 5.97 Å². The number of nitrogens with two attached hydrogens (primary N) is 1. The van der Waals surface area contributed by atoms with Crippen molar-refractivity contribution < 1.29 is 15.0 Å². The average molecular weight is 365 g/mol. The molecule has 0 aliphatic carbocycles. The number of anilines is 1. The molecule has 0 bridgehead atoms. The van der Waals surface area contributed by atoms with Gasteiger partial charge in [-0.15, -0.1) is 0 Å². The van der Waals surface area contributed by atoms with Gasteiger partial charge in [-0.2, -0.15) is 0 Å². The molecule has 0 unspecified atom stereocenters. The molecule has 0 spiro atoms. The summed E-state index contributed by atoms with van der Waals surface area (Å²) >= 11 is 12.0. The highest BCUT2D eigenvalue weighted by Gasteiger charge is 2.16. The molecule has 5 N–H and O–H groups in total. The monoisotopic (exact) mass is 364 g/mol. The molecule has 122 valence electrons. The number of carboxylic acids is 1. The predicted octanol–water partition coefficient (Wildman–Crippen LogP) is 3.49. The second kappa shape index (κ2) is 5.74. The van der Waals surface area contributed by atoms with Crippen LogP contribution in [0.2, 0.25) is 10.0 Å². The van der Waals surface area contributed by atoms with Crippen LogP contribution < -0.4 is 11.2 Å². The molecule has 0 amide bonds. The normalized spacial score (nSPS) is 10.9. The summed E-state index contributed by atoms with van der Waals surface area (Å²) in [5, 5.41) is 19.8. The van der Waals surface area contributed by atoms with Crippen LogP contribution in [0.5, 0.6) is 5.75 Å². The van der Waals surface area contributed by atoms with E-state index in [-0.39, 0.29) is 37.9 Å².